The Bertz CT molecular complexity index is 626. The van der Waals surface area contributed by atoms with Crippen molar-refractivity contribution in [3.63, 3.8) is 0 Å². The highest BCUT2D eigenvalue weighted by molar-refractivity contribution is 9.10. The monoisotopic (exact) mass is 327 g/mol. The fraction of sp³-hybridized carbons (Fsp3) is 0. The molecule has 0 radical (unpaired) electrons. The lowest BCUT2D eigenvalue weighted by Crippen LogP contribution is -2.14. The maximum atomic E-state index is 13.4. The summed E-state index contributed by atoms with van der Waals surface area (Å²) in [5.41, 5.74) is -0.320. The molecule has 0 fully saturated rings. The summed E-state index contributed by atoms with van der Waals surface area (Å²) in [6.45, 7) is 0. The minimum atomic E-state index is -0.852. The van der Waals surface area contributed by atoms with E-state index in [1.807, 2.05) is 0 Å². The molecule has 0 aliphatic heterocycles. The first-order valence-corrected chi connectivity index (χ1v) is 6.02. The van der Waals surface area contributed by atoms with Gasteiger partial charge in [-0.25, -0.2) is 8.78 Å². The Morgan fingerprint density at radius 3 is 2.53 bits per heavy atom. The normalized spacial score (nSPS) is 10.3. The number of halogens is 3. The third-order valence-electron chi connectivity index (χ3n) is 2.40. The van der Waals surface area contributed by atoms with Crippen molar-refractivity contribution in [3.05, 3.63) is 58.1 Å². The van der Waals surface area contributed by atoms with Gasteiger partial charge in [0.05, 0.1) is 4.47 Å². The molecule has 2 aromatic carbocycles. The van der Waals surface area contributed by atoms with E-state index in [9.17, 15) is 18.7 Å². The molecule has 6 heteroatoms. The predicted octanol–water partition coefficient (Wildman–Crippen LogP) is 3.69. The molecule has 0 aromatic heterocycles. The molecule has 0 heterocycles. The van der Waals surface area contributed by atoms with E-state index in [0.29, 0.717) is 0 Å². The maximum Gasteiger partial charge on any atom is 0.262 e. The fourth-order valence-electron chi connectivity index (χ4n) is 1.51. The minimum absolute atomic E-state index is 0.161. The van der Waals surface area contributed by atoms with Crippen LogP contribution in [0.25, 0.3) is 0 Å². The molecular formula is C13H8BrF2NO2. The summed E-state index contributed by atoms with van der Waals surface area (Å²) in [7, 11) is 0. The van der Waals surface area contributed by atoms with Gasteiger partial charge in [-0.3, -0.25) is 4.79 Å². The Hall–Kier alpha value is -1.95. The van der Waals surface area contributed by atoms with Crippen molar-refractivity contribution in [2.24, 2.45) is 0 Å². The van der Waals surface area contributed by atoms with Gasteiger partial charge in [0.2, 0.25) is 0 Å². The number of nitrogens with one attached hydrogen (secondary N) is 1. The summed E-state index contributed by atoms with van der Waals surface area (Å²) in [6.07, 6.45) is 0. The highest BCUT2D eigenvalue weighted by atomic mass is 79.9. The molecule has 1 amide bonds. The molecule has 0 atom stereocenters. The Morgan fingerprint density at radius 1 is 1.16 bits per heavy atom. The van der Waals surface area contributed by atoms with Crippen LogP contribution in [0.3, 0.4) is 0 Å². The van der Waals surface area contributed by atoms with Crippen LogP contribution in [-0.4, -0.2) is 11.0 Å². The third-order valence-corrected chi connectivity index (χ3v) is 3.04. The van der Waals surface area contributed by atoms with E-state index in [1.54, 1.807) is 0 Å². The van der Waals surface area contributed by atoms with Crippen LogP contribution >= 0.6 is 15.9 Å². The number of anilines is 1. The lowest BCUT2D eigenvalue weighted by Gasteiger charge is -2.08. The van der Waals surface area contributed by atoms with Crippen molar-refractivity contribution < 1.29 is 18.7 Å². The lowest BCUT2D eigenvalue weighted by molar-refractivity contribution is 0.102. The molecule has 3 nitrogen and oxygen atoms in total. The third kappa shape index (κ3) is 2.90. The summed E-state index contributed by atoms with van der Waals surface area (Å²) in [5.74, 6) is -2.74. The Labute approximate surface area is 116 Å². The van der Waals surface area contributed by atoms with E-state index in [4.69, 9.17) is 0 Å². The Balaban J connectivity index is 2.28. The largest absolute Gasteiger partial charge is 0.507 e. The minimum Gasteiger partial charge on any atom is -0.507 e. The number of hydrogen-bond acceptors (Lipinski definition) is 2. The molecule has 98 valence electrons. The maximum absolute atomic E-state index is 13.4. The summed E-state index contributed by atoms with van der Waals surface area (Å²) in [4.78, 5) is 11.8. The van der Waals surface area contributed by atoms with Gasteiger partial charge in [0, 0.05) is 5.69 Å². The lowest BCUT2D eigenvalue weighted by atomic mass is 10.1. The van der Waals surface area contributed by atoms with Crippen molar-refractivity contribution in [1.29, 1.82) is 0 Å². The summed E-state index contributed by atoms with van der Waals surface area (Å²) in [6, 6.07) is 7.46. The van der Waals surface area contributed by atoms with Gasteiger partial charge in [0.25, 0.3) is 5.91 Å². The number of hydrogen-bond donors (Lipinski definition) is 2. The summed E-state index contributed by atoms with van der Waals surface area (Å²) in [5, 5.41) is 11.8. The first-order valence-electron chi connectivity index (χ1n) is 5.23. The first-order chi connectivity index (χ1) is 8.99. The molecule has 2 N–H and O–H groups in total. The molecule has 0 saturated carbocycles. The highest BCUT2D eigenvalue weighted by Gasteiger charge is 2.16. The number of carbonyl (C=O) groups is 1. The molecule has 2 aromatic rings. The van der Waals surface area contributed by atoms with Gasteiger partial charge in [-0.15, -0.1) is 0 Å². The van der Waals surface area contributed by atoms with Gasteiger partial charge in [-0.05, 0) is 46.3 Å². The van der Waals surface area contributed by atoms with Crippen LogP contribution in [0, 0.1) is 11.6 Å². The van der Waals surface area contributed by atoms with Crippen molar-refractivity contribution in [2.45, 2.75) is 0 Å². The van der Waals surface area contributed by atoms with Crippen LogP contribution in [0.2, 0.25) is 0 Å². The van der Waals surface area contributed by atoms with E-state index in [2.05, 4.69) is 21.2 Å². The zero-order chi connectivity index (χ0) is 14.0. The highest BCUT2D eigenvalue weighted by Crippen LogP contribution is 2.23. The quantitative estimate of drug-likeness (QED) is 0.883. The number of phenolic OH excluding ortho intramolecular Hbond substituents is 1. The van der Waals surface area contributed by atoms with Crippen molar-refractivity contribution in [2.75, 3.05) is 5.32 Å². The van der Waals surface area contributed by atoms with Gasteiger partial charge in [-0.1, -0.05) is 6.07 Å². The first kappa shape index (κ1) is 13.5. The van der Waals surface area contributed by atoms with Gasteiger partial charge >= 0.3 is 0 Å². The Morgan fingerprint density at radius 2 is 1.89 bits per heavy atom. The molecule has 0 bridgehead atoms. The smallest absolute Gasteiger partial charge is 0.262 e. The van der Waals surface area contributed by atoms with Gasteiger partial charge < -0.3 is 10.4 Å². The van der Waals surface area contributed by atoms with Gasteiger partial charge in [0.1, 0.15) is 22.9 Å². The molecule has 2 rings (SSSR count). The van der Waals surface area contributed by atoms with Crippen molar-refractivity contribution in [3.8, 4) is 5.75 Å². The number of benzene rings is 2. The molecule has 0 aliphatic carbocycles. The predicted molar refractivity (Wildman–Crippen MR) is 70.1 cm³/mol. The van der Waals surface area contributed by atoms with Crippen LogP contribution in [0.4, 0.5) is 14.5 Å². The second-order valence-corrected chi connectivity index (χ2v) is 4.57. The van der Waals surface area contributed by atoms with Crippen molar-refractivity contribution >= 4 is 27.5 Å². The topological polar surface area (TPSA) is 49.3 Å². The van der Waals surface area contributed by atoms with E-state index in [1.165, 1.54) is 24.3 Å². The van der Waals surface area contributed by atoms with Crippen LogP contribution < -0.4 is 5.32 Å². The van der Waals surface area contributed by atoms with Crippen LogP contribution in [0.15, 0.2) is 40.9 Å². The molecule has 0 saturated heterocycles. The fourth-order valence-corrected chi connectivity index (χ4v) is 1.75. The van der Waals surface area contributed by atoms with Crippen molar-refractivity contribution in [1.82, 2.24) is 0 Å². The van der Waals surface area contributed by atoms with Crippen LogP contribution in [-0.2, 0) is 0 Å². The van der Waals surface area contributed by atoms with Crippen LogP contribution in [0.1, 0.15) is 10.4 Å². The average molecular weight is 328 g/mol. The number of carbonyl (C=O) groups excluding carboxylic acids is 1. The zero-order valence-corrected chi connectivity index (χ0v) is 11.0. The molecule has 0 unspecified atom stereocenters. The standard InChI is InChI=1S/C13H8BrF2NO2/c14-8-5-4-7(6-10(8)16)17-13(19)12-9(15)2-1-3-11(12)18/h1-6,18H,(H,17,19). The van der Waals surface area contributed by atoms with E-state index < -0.39 is 28.9 Å². The van der Waals surface area contributed by atoms with Gasteiger partial charge in [-0.2, -0.15) is 0 Å². The van der Waals surface area contributed by atoms with E-state index >= 15 is 0 Å². The number of phenols is 1. The second kappa shape index (κ2) is 5.36. The van der Waals surface area contributed by atoms with E-state index in [0.717, 1.165) is 12.1 Å². The number of aromatic hydroxyl groups is 1. The average Bonchev–Trinajstić information content (AvgIpc) is 2.33. The summed E-state index contributed by atoms with van der Waals surface area (Å²) >= 11 is 2.98. The number of amides is 1. The molecule has 0 aliphatic rings. The molecular weight excluding hydrogens is 320 g/mol. The Kier molecular flexibility index (Phi) is 3.80. The SMILES string of the molecule is O=C(Nc1ccc(Br)c(F)c1)c1c(O)cccc1F. The van der Waals surface area contributed by atoms with Crippen LogP contribution in [0.5, 0.6) is 5.75 Å². The second-order valence-electron chi connectivity index (χ2n) is 3.72. The number of rotatable bonds is 2. The zero-order valence-electron chi connectivity index (χ0n) is 9.45. The van der Waals surface area contributed by atoms with E-state index in [-0.39, 0.29) is 10.2 Å². The molecule has 19 heavy (non-hydrogen) atoms. The van der Waals surface area contributed by atoms with Gasteiger partial charge in [0.15, 0.2) is 0 Å². The summed E-state index contributed by atoms with van der Waals surface area (Å²) < 4.78 is 27.0. The molecule has 0 spiro atoms.